The Bertz CT molecular complexity index is 506. The van der Waals surface area contributed by atoms with Gasteiger partial charge in [0.2, 0.25) is 0 Å². The van der Waals surface area contributed by atoms with E-state index >= 15 is 0 Å². The van der Waals surface area contributed by atoms with Gasteiger partial charge in [0.25, 0.3) is 0 Å². The van der Waals surface area contributed by atoms with E-state index in [4.69, 9.17) is 17.3 Å². The summed E-state index contributed by atoms with van der Waals surface area (Å²) in [6.07, 6.45) is 0. The van der Waals surface area contributed by atoms with Gasteiger partial charge in [-0.2, -0.15) is 0 Å². The normalized spacial score (nSPS) is 10.3. The van der Waals surface area contributed by atoms with E-state index in [1.54, 1.807) is 24.3 Å². The third-order valence-corrected chi connectivity index (χ3v) is 2.71. The van der Waals surface area contributed by atoms with Crippen LogP contribution in [0.3, 0.4) is 0 Å². The van der Waals surface area contributed by atoms with E-state index < -0.39 is 0 Å². The van der Waals surface area contributed by atoms with Crippen LogP contribution in [0.4, 0.5) is 21.5 Å². The van der Waals surface area contributed by atoms with Crippen molar-refractivity contribution in [3.63, 3.8) is 0 Å². The molecule has 0 atom stereocenters. The summed E-state index contributed by atoms with van der Waals surface area (Å²) in [5.41, 5.74) is 8.78. The quantitative estimate of drug-likeness (QED) is 0.787. The van der Waals surface area contributed by atoms with E-state index in [0.29, 0.717) is 10.7 Å². The number of halogens is 2. The van der Waals surface area contributed by atoms with Gasteiger partial charge in [0.05, 0.1) is 11.4 Å². The monoisotopic (exact) mass is 250 g/mol. The molecule has 0 saturated carbocycles. The largest absolute Gasteiger partial charge is 0.397 e. The number of nitrogen functional groups attached to an aromatic ring is 1. The third kappa shape index (κ3) is 2.68. The van der Waals surface area contributed by atoms with E-state index in [-0.39, 0.29) is 5.82 Å². The van der Waals surface area contributed by atoms with Crippen LogP contribution in [0, 0.1) is 12.7 Å². The molecule has 2 rings (SSSR count). The van der Waals surface area contributed by atoms with Crippen LogP contribution in [0.25, 0.3) is 0 Å². The van der Waals surface area contributed by atoms with Gasteiger partial charge in [-0.05, 0) is 48.9 Å². The number of rotatable bonds is 2. The van der Waals surface area contributed by atoms with Crippen LogP contribution in [0.1, 0.15) is 5.56 Å². The van der Waals surface area contributed by atoms with Crippen molar-refractivity contribution in [3.8, 4) is 0 Å². The fourth-order valence-electron chi connectivity index (χ4n) is 1.56. The van der Waals surface area contributed by atoms with Gasteiger partial charge < -0.3 is 11.1 Å². The Morgan fingerprint density at radius 3 is 2.47 bits per heavy atom. The van der Waals surface area contributed by atoms with Crippen molar-refractivity contribution in [2.75, 3.05) is 11.1 Å². The Balaban J connectivity index is 2.31. The van der Waals surface area contributed by atoms with Crippen LogP contribution >= 0.6 is 11.6 Å². The summed E-state index contributed by atoms with van der Waals surface area (Å²) in [4.78, 5) is 0. The standard InChI is InChI=1S/C13H12ClFN2/c1-8-6-10(15)3-5-12(8)17-13-4-2-9(14)7-11(13)16/h2-7,17H,16H2,1H3. The first-order valence-corrected chi connectivity index (χ1v) is 5.52. The van der Waals surface area contributed by atoms with E-state index in [1.165, 1.54) is 12.1 Å². The van der Waals surface area contributed by atoms with Gasteiger partial charge in [0, 0.05) is 10.7 Å². The molecule has 17 heavy (non-hydrogen) atoms. The van der Waals surface area contributed by atoms with E-state index in [2.05, 4.69) is 5.32 Å². The summed E-state index contributed by atoms with van der Waals surface area (Å²) in [7, 11) is 0. The molecule has 2 nitrogen and oxygen atoms in total. The summed E-state index contributed by atoms with van der Waals surface area (Å²) in [6, 6.07) is 9.76. The van der Waals surface area contributed by atoms with E-state index in [0.717, 1.165) is 16.9 Å². The smallest absolute Gasteiger partial charge is 0.123 e. The van der Waals surface area contributed by atoms with Crippen LogP contribution in [-0.2, 0) is 0 Å². The molecule has 0 fully saturated rings. The van der Waals surface area contributed by atoms with Gasteiger partial charge in [0.15, 0.2) is 0 Å². The highest BCUT2D eigenvalue weighted by atomic mass is 35.5. The maximum Gasteiger partial charge on any atom is 0.123 e. The third-order valence-electron chi connectivity index (χ3n) is 2.47. The summed E-state index contributed by atoms with van der Waals surface area (Å²) >= 11 is 5.81. The fraction of sp³-hybridized carbons (Fsp3) is 0.0769. The first kappa shape index (κ1) is 11.7. The Labute approximate surface area is 104 Å². The van der Waals surface area contributed by atoms with Crippen molar-refractivity contribution >= 4 is 28.7 Å². The molecule has 0 saturated heterocycles. The number of aryl methyl sites for hydroxylation is 1. The molecule has 0 aliphatic carbocycles. The fourth-order valence-corrected chi connectivity index (χ4v) is 1.74. The molecule has 0 aromatic heterocycles. The predicted molar refractivity (Wildman–Crippen MR) is 70.3 cm³/mol. The Morgan fingerprint density at radius 2 is 1.82 bits per heavy atom. The second-order valence-corrected chi connectivity index (χ2v) is 4.25. The SMILES string of the molecule is Cc1cc(F)ccc1Nc1ccc(Cl)cc1N. The second-order valence-electron chi connectivity index (χ2n) is 3.82. The molecule has 2 aromatic rings. The summed E-state index contributed by atoms with van der Waals surface area (Å²) < 4.78 is 12.9. The molecule has 2 aromatic carbocycles. The maximum atomic E-state index is 12.9. The molecular weight excluding hydrogens is 239 g/mol. The molecule has 4 heteroatoms. The molecule has 0 heterocycles. The minimum absolute atomic E-state index is 0.253. The molecule has 0 aliphatic rings. The van der Waals surface area contributed by atoms with E-state index in [1.807, 2.05) is 6.92 Å². The number of hydrogen-bond donors (Lipinski definition) is 2. The number of nitrogens with two attached hydrogens (primary N) is 1. The van der Waals surface area contributed by atoms with Gasteiger partial charge in [-0.25, -0.2) is 4.39 Å². The average molecular weight is 251 g/mol. The molecule has 0 spiro atoms. The molecule has 0 bridgehead atoms. The number of benzene rings is 2. The first-order valence-electron chi connectivity index (χ1n) is 5.14. The van der Waals surface area contributed by atoms with Gasteiger partial charge in [-0.15, -0.1) is 0 Å². The zero-order valence-corrected chi connectivity index (χ0v) is 10.1. The highest BCUT2D eigenvalue weighted by Gasteiger charge is 2.03. The lowest BCUT2D eigenvalue weighted by atomic mass is 10.2. The van der Waals surface area contributed by atoms with Gasteiger partial charge in [0.1, 0.15) is 5.82 Å². The lowest BCUT2D eigenvalue weighted by Crippen LogP contribution is -1.98. The van der Waals surface area contributed by atoms with Crippen molar-refractivity contribution in [1.82, 2.24) is 0 Å². The van der Waals surface area contributed by atoms with Crippen LogP contribution in [0.2, 0.25) is 5.02 Å². The lowest BCUT2D eigenvalue weighted by molar-refractivity contribution is 0.627. The van der Waals surface area contributed by atoms with Gasteiger partial charge >= 0.3 is 0 Å². The van der Waals surface area contributed by atoms with Crippen molar-refractivity contribution in [3.05, 3.63) is 52.8 Å². The van der Waals surface area contributed by atoms with Crippen molar-refractivity contribution in [2.45, 2.75) is 6.92 Å². The molecular formula is C13H12ClFN2. The number of hydrogen-bond acceptors (Lipinski definition) is 2. The molecule has 88 valence electrons. The first-order chi connectivity index (χ1) is 8.06. The summed E-state index contributed by atoms with van der Waals surface area (Å²) in [5, 5.41) is 3.73. The zero-order valence-electron chi connectivity index (χ0n) is 9.30. The summed E-state index contributed by atoms with van der Waals surface area (Å²) in [6.45, 7) is 1.83. The molecule has 0 aliphatic heterocycles. The topological polar surface area (TPSA) is 38.0 Å². The number of anilines is 3. The van der Waals surface area contributed by atoms with Crippen LogP contribution in [0.15, 0.2) is 36.4 Å². The van der Waals surface area contributed by atoms with Crippen molar-refractivity contribution < 1.29 is 4.39 Å². The van der Waals surface area contributed by atoms with Crippen molar-refractivity contribution in [1.29, 1.82) is 0 Å². The zero-order chi connectivity index (χ0) is 12.4. The molecule has 0 radical (unpaired) electrons. The van der Waals surface area contributed by atoms with Crippen molar-refractivity contribution in [2.24, 2.45) is 0 Å². The minimum Gasteiger partial charge on any atom is -0.397 e. The predicted octanol–water partition coefficient (Wildman–Crippen LogP) is 4.11. The maximum absolute atomic E-state index is 12.9. The van der Waals surface area contributed by atoms with Crippen LogP contribution in [-0.4, -0.2) is 0 Å². The Morgan fingerprint density at radius 1 is 1.12 bits per heavy atom. The Hall–Kier alpha value is -1.74. The molecule has 3 N–H and O–H groups in total. The number of nitrogens with one attached hydrogen (secondary N) is 1. The second kappa shape index (κ2) is 4.63. The highest BCUT2D eigenvalue weighted by molar-refractivity contribution is 6.31. The average Bonchev–Trinajstić information content (AvgIpc) is 2.25. The van der Waals surface area contributed by atoms with E-state index in [9.17, 15) is 4.39 Å². The van der Waals surface area contributed by atoms with Gasteiger partial charge in [-0.1, -0.05) is 11.6 Å². The lowest BCUT2D eigenvalue weighted by Gasteiger charge is -2.11. The minimum atomic E-state index is -0.253. The Kier molecular flexibility index (Phi) is 3.20. The van der Waals surface area contributed by atoms with Crippen LogP contribution < -0.4 is 11.1 Å². The molecule has 0 unspecified atom stereocenters. The summed E-state index contributed by atoms with van der Waals surface area (Å²) in [5.74, 6) is -0.253. The van der Waals surface area contributed by atoms with Crippen LogP contribution in [0.5, 0.6) is 0 Å². The van der Waals surface area contributed by atoms with Gasteiger partial charge in [-0.3, -0.25) is 0 Å². The molecule has 0 amide bonds. The highest BCUT2D eigenvalue weighted by Crippen LogP contribution is 2.27.